The molecule has 1 saturated heterocycles. The molecule has 4 nitrogen and oxygen atoms in total. The fourth-order valence-corrected chi connectivity index (χ4v) is 4.45. The van der Waals surface area contributed by atoms with Gasteiger partial charge < -0.3 is 15.2 Å². The van der Waals surface area contributed by atoms with Crippen LogP contribution in [-0.2, 0) is 13.1 Å². The van der Waals surface area contributed by atoms with Gasteiger partial charge >= 0.3 is 0 Å². The van der Waals surface area contributed by atoms with Crippen LogP contribution in [0.15, 0.2) is 85.1 Å². The van der Waals surface area contributed by atoms with Crippen LogP contribution in [0, 0.1) is 0 Å². The highest BCUT2D eigenvalue weighted by atomic mass is 16.1. The Labute approximate surface area is 182 Å². The second-order valence-corrected chi connectivity index (χ2v) is 8.27. The zero-order valence-corrected chi connectivity index (χ0v) is 17.6. The van der Waals surface area contributed by atoms with Gasteiger partial charge in [0, 0.05) is 41.4 Å². The van der Waals surface area contributed by atoms with E-state index in [-0.39, 0.29) is 11.8 Å². The van der Waals surface area contributed by atoms with Crippen molar-refractivity contribution in [1.29, 1.82) is 0 Å². The number of benzene rings is 3. The molecule has 0 saturated carbocycles. The van der Waals surface area contributed by atoms with E-state index in [1.807, 2.05) is 18.3 Å². The molecule has 1 fully saturated rings. The van der Waals surface area contributed by atoms with Crippen molar-refractivity contribution in [3.05, 3.63) is 102 Å². The van der Waals surface area contributed by atoms with Gasteiger partial charge in [-0.05, 0) is 48.7 Å². The molecule has 0 amide bonds. The lowest BCUT2D eigenvalue weighted by Crippen LogP contribution is -2.30. The van der Waals surface area contributed by atoms with Crippen molar-refractivity contribution in [3.8, 4) is 0 Å². The number of nitrogens with one attached hydrogen (secondary N) is 2. The van der Waals surface area contributed by atoms with Crippen molar-refractivity contribution in [2.24, 2.45) is 0 Å². The van der Waals surface area contributed by atoms with Gasteiger partial charge in [0.05, 0.1) is 6.04 Å². The third-order valence-corrected chi connectivity index (χ3v) is 6.11. The number of fused-ring (bicyclic) bond motifs is 1. The van der Waals surface area contributed by atoms with Crippen LogP contribution in [0.3, 0.4) is 0 Å². The highest BCUT2D eigenvalue weighted by Crippen LogP contribution is 2.28. The molecule has 3 aromatic carbocycles. The maximum atomic E-state index is 13.1. The predicted molar refractivity (Wildman–Crippen MR) is 126 cm³/mol. The molecule has 5 rings (SSSR count). The van der Waals surface area contributed by atoms with E-state index in [0.717, 1.165) is 54.6 Å². The number of aromatic amines is 1. The highest BCUT2D eigenvalue weighted by Gasteiger charge is 2.25. The number of anilines is 1. The van der Waals surface area contributed by atoms with Crippen LogP contribution >= 0.6 is 0 Å². The zero-order valence-electron chi connectivity index (χ0n) is 17.6. The summed E-state index contributed by atoms with van der Waals surface area (Å²) in [6.45, 7) is 2.53. The molecule has 2 heterocycles. The molecule has 156 valence electrons. The summed E-state index contributed by atoms with van der Waals surface area (Å²) in [7, 11) is 0. The monoisotopic (exact) mass is 409 g/mol. The largest absolute Gasteiger partial charge is 0.363 e. The van der Waals surface area contributed by atoms with E-state index in [0.29, 0.717) is 0 Å². The molecule has 0 unspecified atom stereocenters. The van der Waals surface area contributed by atoms with E-state index in [9.17, 15) is 4.79 Å². The first-order valence-electron chi connectivity index (χ1n) is 11.0. The zero-order chi connectivity index (χ0) is 21.0. The van der Waals surface area contributed by atoms with E-state index >= 15 is 0 Å². The van der Waals surface area contributed by atoms with E-state index in [1.165, 1.54) is 11.1 Å². The summed E-state index contributed by atoms with van der Waals surface area (Å²) in [5, 5.41) is 4.34. The first kappa shape index (κ1) is 19.6. The summed E-state index contributed by atoms with van der Waals surface area (Å²) < 4.78 is 0. The lowest BCUT2D eigenvalue weighted by atomic mass is 10.0. The first-order chi connectivity index (χ1) is 15.3. The molecular weight excluding hydrogens is 382 g/mol. The minimum atomic E-state index is -0.0626. The minimum absolute atomic E-state index is 0.0626. The van der Waals surface area contributed by atoms with Crippen LogP contribution < -0.4 is 10.2 Å². The number of hydrogen-bond donors (Lipinski definition) is 2. The molecule has 0 radical (unpaired) electrons. The van der Waals surface area contributed by atoms with Gasteiger partial charge in [0.25, 0.3) is 0 Å². The fraction of sp³-hybridized carbons (Fsp3) is 0.222. The van der Waals surface area contributed by atoms with Gasteiger partial charge in [-0.1, -0.05) is 60.7 Å². The number of carbonyl (C=O) groups is 1. The number of hydrogen-bond acceptors (Lipinski definition) is 3. The Bertz CT molecular complexity index is 1120. The summed E-state index contributed by atoms with van der Waals surface area (Å²) in [5.74, 6) is 0.193. The quantitative estimate of drug-likeness (QED) is 0.407. The van der Waals surface area contributed by atoms with Gasteiger partial charge in [-0.25, -0.2) is 0 Å². The van der Waals surface area contributed by atoms with Gasteiger partial charge in [-0.15, -0.1) is 0 Å². The fourth-order valence-electron chi connectivity index (χ4n) is 4.45. The minimum Gasteiger partial charge on any atom is -0.363 e. The number of aromatic nitrogens is 1. The van der Waals surface area contributed by atoms with Crippen LogP contribution in [0.1, 0.15) is 34.3 Å². The Balaban J connectivity index is 1.50. The number of carbonyl (C=O) groups excluding carboxylic acids is 1. The van der Waals surface area contributed by atoms with E-state index in [2.05, 4.69) is 81.9 Å². The van der Waals surface area contributed by atoms with Crippen molar-refractivity contribution >= 4 is 22.4 Å². The van der Waals surface area contributed by atoms with Crippen LogP contribution in [0.25, 0.3) is 10.9 Å². The summed E-state index contributed by atoms with van der Waals surface area (Å²) >= 11 is 0. The molecule has 0 bridgehead atoms. The van der Waals surface area contributed by atoms with E-state index in [4.69, 9.17) is 0 Å². The molecule has 1 aliphatic heterocycles. The Morgan fingerprint density at radius 1 is 0.903 bits per heavy atom. The Morgan fingerprint density at radius 3 is 2.19 bits per heavy atom. The molecule has 1 aliphatic rings. The van der Waals surface area contributed by atoms with E-state index < -0.39 is 0 Å². The van der Waals surface area contributed by atoms with Gasteiger partial charge in [0.15, 0.2) is 5.78 Å². The SMILES string of the molecule is O=C(c1c[nH]c2ccc(N(Cc3ccccc3)Cc3ccccc3)cc12)[C@H]1CCCN1. The van der Waals surface area contributed by atoms with Gasteiger partial charge in [0.2, 0.25) is 0 Å². The van der Waals surface area contributed by atoms with Gasteiger partial charge in [0.1, 0.15) is 0 Å². The standard InChI is InChI=1S/C27H27N3O/c31-27(26-12-7-15-28-26)24-17-29-25-14-13-22(16-23(24)25)30(18-20-8-3-1-4-9-20)19-21-10-5-2-6-11-21/h1-6,8-11,13-14,16-17,26,28-29H,7,12,15,18-19H2/t26-/m1/s1. The molecule has 0 spiro atoms. The molecule has 1 atom stereocenters. The lowest BCUT2D eigenvalue weighted by molar-refractivity contribution is 0.0954. The van der Waals surface area contributed by atoms with Crippen molar-refractivity contribution < 1.29 is 4.79 Å². The van der Waals surface area contributed by atoms with E-state index in [1.54, 1.807) is 0 Å². The maximum Gasteiger partial charge on any atom is 0.181 e. The Morgan fingerprint density at radius 2 is 1.58 bits per heavy atom. The number of ketones is 1. The highest BCUT2D eigenvalue weighted by molar-refractivity contribution is 6.11. The summed E-state index contributed by atoms with van der Waals surface area (Å²) in [6.07, 6.45) is 3.85. The molecule has 31 heavy (non-hydrogen) atoms. The normalized spacial score (nSPS) is 15.9. The summed E-state index contributed by atoms with van der Waals surface area (Å²) in [6, 6.07) is 27.4. The van der Waals surface area contributed by atoms with Crippen LogP contribution in [0.4, 0.5) is 5.69 Å². The maximum absolute atomic E-state index is 13.1. The molecular formula is C27H27N3O. The Kier molecular flexibility index (Phi) is 5.55. The van der Waals surface area contributed by atoms with Crippen LogP contribution in [0.2, 0.25) is 0 Å². The number of nitrogens with zero attached hydrogens (tertiary/aromatic N) is 1. The summed E-state index contributed by atoms with van der Waals surface area (Å²) in [5.41, 5.74) is 5.44. The van der Waals surface area contributed by atoms with Crippen molar-refractivity contribution in [3.63, 3.8) is 0 Å². The number of H-pyrrole nitrogens is 1. The molecule has 4 aromatic rings. The average Bonchev–Trinajstić information content (AvgIpc) is 3.50. The summed E-state index contributed by atoms with van der Waals surface area (Å²) in [4.78, 5) is 18.8. The van der Waals surface area contributed by atoms with Gasteiger partial charge in [-0.2, -0.15) is 0 Å². The first-order valence-corrected chi connectivity index (χ1v) is 11.0. The van der Waals surface area contributed by atoms with Crippen molar-refractivity contribution in [2.45, 2.75) is 32.0 Å². The Hall–Kier alpha value is -3.37. The molecule has 0 aliphatic carbocycles. The van der Waals surface area contributed by atoms with Crippen molar-refractivity contribution in [2.75, 3.05) is 11.4 Å². The molecule has 4 heteroatoms. The molecule has 1 aromatic heterocycles. The second kappa shape index (κ2) is 8.78. The number of Topliss-reactive ketones (excluding diaryl/α,β-unsaturated/α-hetero) is 1. The third-order valence-electron chi connectivity index (χ3n) is 6.11. The third kappa shape index (κ3) is 4.25. The van der Waals surface area contributed by atoms with Crippen LogP contribution in [-0.4, -0.2) is 23.4 Å². The average molecular weight is 410 g/mol. The predicted octanol–water partition coefficient (Wildman–Crippen LogP) is 5.31. The van der Waals surface area contributed by atoms with Crippen LogP contribution in [0.5, 0.6) is 0 Å². The van der Waals surface area contributed by atoms with Gasteiger partial charge in [-0.3, -0.25) is 4.79 Å². The topological polar surface area (TPSA) is 48.1 Å². The molecule has 2 N–H and O–H groups in total. The lowest BCUT2D eigenvalue weighted by Gasteiger charge is -2.25. The number of rotatable bonds is 7. The second-order valence-electron chi connectivity index (χ2n) is 8.27. The van der Waals surface area contributed by atoms with Crippen molar-refractivity contribution in [1.82, 2.24) is 10.3 Å². The smallest absolute Gasteiger partial charge is 0.181 e.